The van der Waals surface area contributed by atoms with Gasteiger partial charge in [-0.1, -0.05) is 0 Å². The van der Waals surface area contributed by atoms with Crippen molar-refractivity contribution in [2.75, 3.05) is 25.4 Å². The fraction of sp³-hybridized carbons (Fsp3) is 0.538. The Kier molecular flexibility index (Phi) is 9.55. The molecule has 0 radical (unpaired) electrons. The number of nitrogen functional groups attached to an aromatic ring is 1. The Balaban J connectivity index is 1.83. The molecule has 0 bridgehead atoms. The van der Waals surface area contributed by atoms with Gasteiger partial charge in [0.25, 0.3) is 0 Å². The number of carbonyl (C=O) groups excluding carboxylic acids is 1. The molecule has 0 aromatic carbocycles. The molecule has 1 fully saturated rings. The van der Waals surface area contributed by atoms with Gasteiger partial charge in [0.15, 0.2) is 18.0 Å². The molecule has 0 spiro atoms. The predicted octanol–water partition coefficient (Wildman–Crippen LogP) is -1.65. The molecule has 1 amide bonds. The van der Waals surface area contributed by atoms with Crippen LogP contribution in [-0.2, 0) is 36.3 Å². The van der Waals surface area contributed by atoms with Gasteiger partial charge in [-0.15, -0.1) is 12.6 Å². The number of ether oxygens (including phenoxy) is 2. The van der Waals surface area contributed by atoms with Crippen molar-refractivity contribution in [2.24, 2.45) is 5.73 Å². The number of amides is 1. The number of aromatic nitrogens is 4. The van der Waals surface area contributed by atoms with Crippen molar-refractivity contribution in [2.45, 2.75) is 29.6 Å². The molecular formula is C13H22N7O14P3S. The number of imidazole rings is 1. The Hall–Kier alpha value is -1.74. The third-order valence-corrected chi connectivity index (χ3v) is 8.60. The number of hydrogen-bond donors (Lipinski definition) is 9. The monoisotopic (exact) mass is 625 g/mol. The van der Waals surface area contributed by atoms with Gasteiger partial charge < -0.3 is 50.9 Å². The number of hydrogen-bond acceptors (Lipinski definition) is 16. The van der Waals surface area contributed by atoms with Crippen molar-refractivity contribution in [1.29, 1.82) is 0 Å². The van der Waals surface area contributed by atoms with Crippen molar-refractivity contribution in [3.8, 4) is 0 Å². The number of nitrogens with one attached hydrogen (secondary N) is 1. The fourth-order valence-electron chi connectivity index (χ4n) is 3.12. The van der Waals surface area contributed by atoms with Crippen molar-refractivity contribution < 1.29 is 65.8 Å². The third-order valence-electron chi connectivity index (χ3n) is 4.48. The second kappa shape index (κ2) is 11.8. The molecule has 2 aromatic heterocycles. The van der Waals surface area contributed by atoms with Crippen LogP contribution in [0, 0.1) is 0 Å². The highest BCUT2D eigenvalue weighted by Crippen LogP contribution is 2.66. The lowest BCUT2D eigenvalue weighted by molar-refractivity contribution is -0.0522. The summed E-state index contributed by atoms with van der Waals surface area (Å²) in [6, 6.07) is 0. The number of anilines is 1. The number of nitrogens with zero attached hydrogens (tertiary/aromatic N) is 4. The summed E-state index contributed by atoms with van der Waals surface area (Å²) < 4.78 is 58.2. The molecule has 0 aliphatic carbocycles. The smallest absolute Gasteiger partial charge is 0.439 e. The molecule has 21 nitrogen and oxygen atoms in total. The molecule has 0 saturated carbocycles. The zero-order valence-electron chi connectivity index (χ0n) is 18.7. The summed E-state index contributed by atoms with van der Waals surface area (Å²) in [5, 5.41) is 13.2. The van der Waals surface area contributed by atoms with E-state index in [1.807, 2.05) is 0 Å². The summed E-state index contributed by atoms with van der Waals surface area (Å²) in [5.74, 6) is -0.204. The van der Waals surface area contributed by atoms with Gasteiger partial charge in [0.05, 0.1) is 12.9 Å². The van der Waals surface area contributed by atoms with Crippen LogP contribution in [0.3, 0.4) is 0 Å². The van der Waals surface area contributed by atoms with Crippen LogP contribution < -0.4 is 16.8 Å². The lowest BCUT2D eigenvalue weighted by Gasteiger charge is -2.22. The van der Waals surface area contributed by atoms with Crippen LogP contribution in [0.5, 0.6) is 0 Å². The molecule has 2 aromatic rings. The lowest BCUT2D eigenvalue weighted by atomic mass is 10.1. The maximum absolute atomic E-state index is 12.2. The van der Waals surface area contributed by atoms with Crippen molar-refractivity contribution in [1.82, 2.24) is 24.8 Å². The van der Waals surface area contributed by atoms with Gasteiger partial charge in [-0.2, -0.15) is 13.6 Å². The first-order valence-electron chi connectivity index (χ1n) is 9.97. The number of phosphoric acid groups is 3. The molecule has 3 unspecified atom stereocenters. The average molecular weight is 625 g/mol. The summed E-state index contributed by atoms with van der Waals surface area (Å²) >= 11 is 4.15. The Morgan fingerprint density at radius 3 is 2.50 bits per heavy atom. The van der Waals surface area contributed by atoms with E-state index in [-0.39, 0.29) is 35.2 Å². The molecule has 10 N–H and O–H groups in total. The molecule has 3 heterocycles. The molecule has 214 valence electrons. The first-order valence-corrected chi connectivity index (χ1v) is 14.9. The number of fused-ring (bicyclic) bond motifs is 1. The summed E-state index contributed by atoms with van der Waals surface area (Å²) in [5.41, 5.74) is 11.2. The second-order valence-corrected chi connectivity index (χ2v) is 12.1. The summed E-state index contributed by atoms with van der Waals surface area (Å²) in [4.78, 5) is 60.3. The van der Waals surface area contributed by atoms with Gasteiger partial charge in [0, 0.05) is 13.1 Å². The Morgan fingerprint density at radius 1 is 1.18 bits per heavy atom. The number of carbonyl (C=O) groups is 1. The topological polar surface area (TPSA) is 323 Å². The fourth-order valence-corrected chi connectivity index (χ4v) is 6.41. The maximum Gasteiger partial charge on any atom is 0.490 e. The van der Waals surface area contributed by atoms with Crippen molar-refractivity contribution in [3.63, 3.8) is 0 Å². The minimum Gasteiger partial charge on any atom is -0.439 e. The molecule has 6 atom stereocenters. The van der Waals surface area contributed by atoms with Gasteiger partial charge in [0.2, 0.25) is 5.95 Å². The molecule has 1 aliphatic heterocycles. The lowest BCUT2D eigenvalue weighted by Crippen LogP contribution is -2.40. The SMILES string of the molecule is NCCNC(=O)O[C@H]1C(O)[C@@H](COP(=O)(O)OP(=O)(O)OP(=O)(O)O)O[C@H]1n1cnc2c(S)nc(N)nc21. The van der Waals surface area contributed by atoms with E-state index >= 15 is 0 Å². The van der Waals surface area contributed by atoms with Crippen LogP contribution in [0.25, 0.3) is 11.2 Å². The number of rotatable bonds is 11. The maximum atomic E-state index is 12.2. The number of alkyl carbamates (subject to hydrolysis) is 1. The number of thiol groups is 1. The van der Waals surface area contributed by atoms with E-state index in [0.717, 1.165) is 0 Å². The molecule has 1 saturated heterocycles. The van der Waals surface area contributed by atoms with E-state index in [1.54, 1.807) is 0 Å². The minimum atomic E-state index is -5.78. The van der Waals surface area contributed by atoms with Gasteiger partial charge in [0.1, 0.15) is 22.8 Å². The summed E-state index contributed by atoms with van der Waals surface area (Å²) in [7, 11) is -16.9. The van der Waals surface area contributed by atoms with E-state index in [2.05, 4.69) is 46.0 Å². The summed E-state index contributed by atoms with van der Waals surface area (Å²) in [6.07, 6.45) is -6.09. The highest BCUT2D eigenvalue weighted by molar-refractivity contribution is 7.80. The van der Waals surface area contributed by atoms with Crippen LogP contribution in [-0.4, -0.2) is 88.3 Å². The summed E-state index contributed by atoms with van der Waals surface area (Å²) in [6.45, 7) is -0.950. The zero-order chi connectivity index (χ0) is 28.5. The van der Waals surface area contributed by atoms with E-state index in [4.69, 9.17) is 30.7 Å². The first kappa shape index (κ1) is 30.8. The average Bonchev–Trinajstić information content (AvgIpc) is 3.29. The predicted molar refractivity (Wildman–Crippen MR) is 124 cm³/mol. The van der Waals surface area contributed by atoms with E-state index in [9.17, 15) is 33.4 Å². The molecule has 25 heteroatoms. The molecule has 1 aliphatic rings. The Morgan fingerprint density at radius 2 is 1.87 bits per heavy atom. The minimum absolute atomic E-state index is 0.0173. The van der Waals surface area contributed by atoms with Gasteiger partial charge >= 0.3 is 29.6 Å². The van der Waals surface area contributed by atoms with E-state index in [0.29, 0.717) is 0 Å². The molecule has 38 heavy (non-hydrogen) atoms. The van der Waals surface area contributed by atoms with E-state index in [1.165, 1.54) is 10.9 Å². The van der Waals surface area contributed by atoms with E-state index < -0.39 is 60.7 Å². The Labute approximate surface area is 217 Å². The van der Waals surface area contributed by atoms with Gasteiger partial charge in [-0.05, 0) is 0 Å². The molecular weight excluding hydrogens is 603 g/mol. The van der Waals surface area contributed by atoms with Crippen LogP contribution in [0.1, 0.15) is 6.23 Å². The van der Waals surface area contributed by atoms with Crippen molar-refractivity contribution >= 4 is 59.3 Å². The largest absolute Gasteiger partial charge is 0.490 e. The van der Waals surface area contributed by atoms with Crippen LogP contribution in [0.4, 0.5) is 10.7 Å². The Bertz CT molecular complexity index is 1320. The van der Waals surface area contributed by atoms with Gasteiger partial charge in [-0.3, -0.25) is 9.09 Å². The highest BCUT2D eigenvalue weighted by atomic mass is 32.1. The van der Waals surface area contributed by atoms with Crippen LogP contribution in [0.15, 0.2) is 11.4 Å². The van der Waals surface area contributed by atoms with Gasteiger partial charge in [-0.25, -0.2) is 28.5 Å². The zero-order valence-corrected chi connectivity index (χ0v) is 22.2. The first-order chi connectivity index (χ1) is 17.5. The highest BCUT2D eigenvalue weighted by Gasteiger charge is 2.49. The number of phosphoric ester groups is 1. The number of aliphatic hydroxyl groups excluding tert-OH is 1. The number of nitrogens with two attached hydrogens (primary N) is 2. The normalized spacial score (nSPS) is 25.1. The van der Waals surface area contributed by atoms with Crippen molar-refractivity contribution in [3.05, 3.63) is 6.33 Å². The quantitative estimate of drug-likeness (QED) is 0.0767. The standard InChI is InChI=1S/C13H22N7O14P3S/c14-1-2-16-13(22)32-8-7(21)5(3-30-36(26,27)34-37(28,29)33-35(23,24)25)31-11(8)20-4-17-6-9(20)18-12(15)19-10(6)38/h4-5,7-8,11,21H,1-3,14H2,(H,16,22)(H,26,27)(H,28,29)(H2,23,24,25)(H3,15,18,19,38)/t5-,7?,8+,11-/m1/s1. The van der Waals surface area contributed by atoms with Crippen LogP contribution >= 0.6 is 36.1 Å². The third kappa shape index (κ3) is 7.90. The molecule has 3 rings (SSSR count). The number of aliphatic hydroxyl groups is 1. The second-order valence-electron chi connectivity index (χ2n) is 7.26. The van der Waals surface area contributed by atoms with Crippen LogP contribution in [0.2, 0.25) is 0 Å².